The van der Waals surface area contributed by atoms with Crippen LogP contribution in [-0.2, 0) is 9.53 Å². The lowest BCUT2D eigenvalue weighted by atomic mass is 9.93. The highest BCUT2D eigenvalue weighted by Crippen LogP contribution is 2.22. The van der Waals surface area contributed by atoms with E-state index in [2.05, 4.69) is 18.7 Å². The summed E-state index contributed by atoms with van der Waals surface area (Å²) in [7, 11) is 0. The number of hydrogen-bond acceptors (Lipinski definition) is 4. The molecule has 2 unspecified atom stereocenters. The van der Waals surface area contributed by atoms with Crippen molar-refractivity contribution in [3.8, 4) is 0 Å². The van der Waals surface area contributed by atoms with Gasteiger partial charge in [-0.2, -0.15) is 0 Å². The van der Waals surface area contributed by atoms with Crippen molar-refractivity contribution in [1.82, 2.24) is 9.80 Å². The summed E-state index contributed by atoms with van der Waals surface area (Å²) in [6.45, 7) is 11.1. The van der Waals surface area contributed by atoms with E-state index in [1.54, 1.807) is 6.92 Å². The maximum absolute atomic E-state index is 11.9. The van der Waals surface area contributed by atoms with E-state index in [1.807, 2.05) is 4.90 Å². The molecule has 0 aliphatic carbocycles. The summed E-state index contributed by atoms with van der Waals surface area (Å²) in [4.78, 5) is 16.3. The van der Waals surface area contributed by atoms with Crippen LogP contribution in [0.15, 0.2) is 0 Å². The summed E-state index contributed by atoms with van der Waals surface area (Å²) in [5, 5.41) is 0. The van der Waals surface area contributed by atoms with Crippen LogP contribution in [0.3, 0.4) is 0 Å². The largest absolute Gasteiger partial charge is 0.373 e. The third kappa shape index (κ3) is 4.94. The number of morpholine rings is 1. The molecule has 2 N–H and O–H groups in total. The SMILES string of the molecule is CC1CN(CCC2CCN(C(=O)[C@@H](C)N)CC2)CC(C)O1. The summed E-state index contributed by atoms with van der Waals surface area (Å²) >= 11 is 0. The number of rotatable bonds is 4. The highest BCUT2D eigenvalue weighted by atomic mass is 16.5. The van der Waals surface area contributed by atoms with E-state index < -0.39 is 0 Å². The van der Waals surface area contributed by atoms with E-state index in [9.17, 15) is 4.79 Å². The van der Waals surface area contributed by atoms with Gasteiger partial charge < -0.3 is 15.4 Å². The van der Waals surface area contributed by atoms with Gasteiger partial charge in [-0.15, -0.1) is 0 Å². The molecule has 2 aliphatic heterocycles. The quantitative estimate of drug-likeness (QED) is 0.843. The van der Waals surface area contributed by atoms with Crippen molar-refractivity contribution in [2.24, 2.45) is 11.7 Å². The first-order chi connectivity index (χ1) is 9.95. The average Bonchev–Trinajstić information content (AvgIpc) is 2.44. The second kappa shape index (κ2) is 7.56. The number of piperidine rings is 1. The summed E-state index contributed by atoms with van der Waals surface area (Å²) in [6, 6.07) is -0.363. The van der Waals surface area contributed by atoms with Crippen LogP contribution in [0.4, 0.5) is 0 Å². The Bertz CT molecular complexity index is 330. The van der Waals surface area contributed by atoms with Crippen molar-refractivity contribution in [2.75, 3.05) is 32.7 Å². The predicted molar refractivity (Wildman–Crippen MR) is 84.0 cm³/mol. The van der Waals surface area contributed by atoms with Crippen molar-refractivity contribution in [1.29, 1.82) is 0 Å². The van der Waals surface area contributed by atoms with Crippen LogP contribution in [0.1, 0.15) is 40.0 Å². The Kier molecular flexibility index (Phi) is 6.02. The van der Waals surface area contributed by atoms with Gasteiger partial charge in [0.2, 0.25) is 5.91 Å². The van der Waals surface area contributed by atoms with Gasteiger partial charge in [-0.1, -0.05) is 0 Å². The smallest absolute Gasteiger partial charge is 0.239 e. The van der Waals surface area contributed by atoms with E-state index >= 15 is 0 Å². The number of hydrogen-bond donors (Lipinski definition) is 1. The minimum atomic E-state index is -0.363. The van der Waals surface area contributed by atoms with Crippen molar-refractivity contribution in [2.45, 2.75) is 58.3 Å². The molecule has 3 atom stereocenters. The molecule has 2 fully saturated rings. The molecule has 0 saturated carbocycles. The van der Waals surface area contributed by atoms with Crippen molar-refractivity contribution in [3.63, 3.8) is 0 Å². The summed E-state index contributed by atoms with van der Waals surface area (Å²) < 4.78 is 5.77. The van der Waals surface area contributed by atoms with Gasteiger partial charge in [0.1, 0.15) is 0 Å². The van der Waals surface area contributed by atoms with Crippen LogP contribution in [0, 0.1) is 5.92 Å². The number of carbonyl (C=O) groups excluding carboxylic acids is 1. The molecule has 2 rings (SSSR count). The van der Waals surface area contributed by atoms with Crippen LogP contribution in [0.25, 0.3) is 0 Å². The topological polar surface area (TPSA) is 58.8 Å². The Labute approximate surface area is 128 Å². The zero-order valence-corrected chi connectivity index (χ0v) is 13.8. The highest BCUT2D eigenvalue weighted by Gasteiger charge is 2.26. The number of amides is 1. The minimum Gasteiger partial charge on any atom is -0.373 e. The third-order valence-corrected chi connectivity index (χ3v) is 4.66. The molecule has 0 bridgehead atoms. The Balaban J connectivity index is 1.68. The van der Waals surface area contributed by atoms with Crippen molar-refractivity contribution < 1.29 is 9.53 Å². The van der Waals surface area contributed by atoms with Crippen LogP contribution < -0.4 is 5.73 Å². The molecular formula is C16H31N3O2. The molecule has 5 heteroatoms. The molecule has 2 saturated heterocycles. The van der Waals surface area contributed by atoms with E-state index in [-0.39, 0.29) is 11.9 Å². The van der Waals surface area contributed by atoms with Crippen molar-refractivity contribution >= 4 is 5.91 Å². The molecule has 0 spiro atoms. The van der Waals surface area contributed by atoms with Crippen LogP contribution in [0.5, 0.6) is 0 Å². The fraction of sp³-hybridized carbons (Fsp3) is 0.938. The standard InChI is InChI=1S/C16H31N3O2/c1-12-10-18(11-13(2)21-12)7-4-15-5-8-19(9-6-15)16(20)14(3)17/h12-15H,4-11,17H2,1-3H3/t12?,13?,14-/m1/s1. The molecule has 0 aromatic heterocycles. The molecule has 21 heavy (non-hydrogen) atoms. The number of carbonyl (C=O) groups is 1. The van der Waals surface area contributed by atoms with Gasteiger partial charge in [0.05, 0.1) is 18.2 Å². The average molecular weight is 297 g/mol. The number of ether oxygens (including phenoxy) is 1. The molecular weight excluding hydrogens is 266 g/mol. The molecule has 0 radical (unpaired) electrons. The zero-order valence-electron chi connectivity index (χ0n) is 13.8. The highest BCUT2D eigenvalue weighted by molar-refractivity contribution is 5.81. The molecule has 5 nitrogen and oxygen atoms in total. The van der Waals surface area contributed by atoms with E-state index in [0.717, 1.165) is 51.5 Å². The predicted octanol–water partition coefficient (Wildman–Crippen LogP) is 1.07. The van der Waals surface area contributed by atoms with E-state index in [4.69, 9.17) is 10.5 Å². The number of nitrogens with zero attached hydrogens (tertiary/aromatic N) is 2. The monoisotopic (exact) mass is 297 g/mol. The number of likely N-dealkylation sites (tertiary alicyclic amines) is 1. The fourth-order valence-electron chi connectivity index (χ4n) is 3.56. The van der Waals surface area contributed by atoms with Crippen LogP contribution in [0.2, 0.25) is 0 Å². The lowest BCUT2D eigenvalue weighted by molar-refractivity contribution is -0.133. The van der Waals surface area contributed by atoms with E-state index in [0.29, 0.717) is 12.2 Å². The van der Waals surface area contributed by atoms with Gasteiger partial charge in [0, 0.05) is 26.2 Å². The fourth-order valence-corrected chi connectivity index (χ4v) is 3.56. The number of nitrogens with two attached hydrogens (primary N) is 1. The van der Waals surface area contributed by atoms with Gasteiger partial charge in [-0.3, -0.25) is 9.69 Å². The second-order valence-corrected chi connectivity index (χ2v) is 6.86. The molecule has 122 valence electrons. The van der Waals surface area contributed by atoms with Gasteiger partial charge in [0.15, 0.2) is 0 Å². The Hall–Kier alpha value is -0.650. The summed E-state index contributed by atoms with van der Waals surface area (Å²) in [6.07, 6.45) is 4.17. The first-order valence-corrected chi connectivity index (χ1v) is 8.38. The zero-order chi connectivity index (χ0) is 15.4. The van der Waals surface area contributed by atoms with Gasteiger partial charge in [0.25, 0.3) is 0 Å². The maximum atomic E-state index is 11.9. The van der Waals surface area contributed by atoms with Crippen LogP contribution in [-0.4, -0.2) is 66.7 Å². The molecule has 0 aromatic rings. The first kappa shape index (κ1) is 16.7. The molecule has 2 heterocycles. The minimum absolute atomic E-state index is 0.101. The maximum Gasteiger partial charge on any atom is 0.239 e. The molecule has 0 aromatic carbocycles. The van der Waals surface area contributed by atoms with Gasteiger partial charge in [-0.05, 0) is 52.5 Å². The normalized spacial score (nSPS) is 30.4. The summed E-state index contributed by atoms with van der Waals surface area (Å²) in [5.74, 6) is 0.847. The second-order valence-electron chi connectivity index (χ2n) is 6.86. The Morgan fingerprint density at radius 3 is 2.33 bits per heavy atom. The van der Waals surface area contributed by atoms with Crippen molar-refractivity contribution in [3.05, 3.63) is 0 Å². The third-order valence-electron chi connectivity index (χ3n) is 4.66. The lowest BCUT2D eigenvalue weighted by Crippen LogP contribution is -2.47. The summed E-state index contributed by atoms with van der Waals surface area (Å²) in [5.41, 5.74) is 5.67. The Morgan fingerprint density at radius 2 is 1.81 bits per heavy atom. The van der Waals surface area contributed by atoms with Gasteiger partial charge >= 0.3 is 0 Å². The first-order valence-electron chi connectivity index (χ1n) is 8.38. The molecule has 2 aliphatic rings. The van der Waals surface area contributed by atoms with Gasteiger partial charge in [-0.25, -0.2) is 0 Å². The van der Waals surface area contributed by atoms with E-state index in [1.165, 1.54) is 6.42 Å². The lowest BCUT2D eigenvalue weighted by Gasteiger charge is -2.37. The van der Waals surface area contributed by atoms with Crippen LogP contribution >= 0.6 is 0 Å². The Morgan fingerprint density at radius 1 is 1.24 bits per heavy atom. The molecule has 1 amide bonds.